The molecular weight excluding hydrogens is 238 g/mol. The predicted octanol–water partition coefficient (Wildman–Crippen LogP) is 2.72. The Bertz CT molecular complexity index is 406. The normalized spacial score (nSPS) is 12.4. The van der Waals surface area contributed by atoms with Crippen LogP contribution in [0.2, 0.25) is 0 Å². The molecule has 0 radical (unpaired) electrons. The zero-order valence-electron chi connectivity index (χ0n) is 12.1. The number of carbonyl (C=O) groups excluding carboxylic acids is 1. The Kier molecular flexibility index (Phi) is 6.36. The van der Waals surface area contributed by atoms with Crippen LogP contribution in [0.1, 0.15) is 33.6 Å². The van der Waals surface area contributed by atoms with Gasteiger partial charge in [-0.2, -0.15) is 0 Å². The number of rotatable bonds is 7. The molecule has 1 atom stereocenters. The SMILES string of the molecule is CCC(C)N(CC)CCC(=O)Nc1ccccc1N. The molecule has 1 unspecified atom stereocenters. The minimum absolute atomic E-state index is 0.0136. The van der Waals surface area contributed by atoms with Gasteiger partial charge in [-0.15, -0.1) is 0 Å². The van der Waals surface area contributed by atoms with Crippen LogP contribution < -0.4 is 11.1 Å². The molecule has 0 heterocycles. The van der Waals surface area contributed by atoms with E-state index in [1.54, 1.807) is 6.07 Å². The summed E-state index contributed by atoms with van der Waals surface area (Å²) < 4.78 is 0. The van der Waals surface area contributed by atoms with E-state index in [-0.39, 0.29) is 5.91 Å². The van der Waals surface area contributed by atoms with Crippen molar-refractivity contribution in [3.63, 3.8) is 0 Å². The molecule has 106 valence electrons. The first kappa shape index (κ1) is 15.5. The van der Waals surface area contributed by atoms with E-state index in [1.165, 1.54) is 0 Å². The van der Waals surface area contributed by atoms with Crippen LogP contribution in [0.3, 0.4) is 0 Å². The summed E-state index contributed by atoms with van der Waals surface area (Å²) in [7, 11) is 0. The van der Waals surface area contributed by atoms with Crippen molar-refractivity contribution in [1.82, 2.24) is 4.90 Å². The van der Waals surface area contributed by atoms with Gasteiger partial charge in [0, 0.05) is 19.0 Å². The number of hydrogen-bond acceptors (Lipinski definition) is 3. The molecule has 1 rings (SSSR count). The second kappa shape index (κ2) is 7.79. The molecule has 3 N–H and O–H groups in total. The third-order valence-electron chi connectivity index (χ3n) is 3.48. The van der Waals surface area contributed by atoms with Crippen LogP contribution in [0.25, 0.3) is 0 Å². The van der Waals surface area contributed by atoms with E-state index in [2.05, 4.69) is 31.0 Å². The molecule has 0 fully saturated rings. The van der Waals surface area contributed by atoms with E-state index in [4.69, 9.17) is 5.73 Å². The van der Waals surface area contributed by atoms with Crippen molar-refractivity contribution in [2.24, 2.45) is 0 Å². The van der Waals surface area contributed by atoms with Crippen molar-refractivity contribution in [3.8, 4) is 0 Å². The maximum absolute atomic E-state index is 11.9. The maximum Gasteiger partial charge on any atom is 0.225 e. The van der Waals surface area contributed by atoms with Gasteiger partial charge in [-0.1, -0.05) is 26.0 Å². The van der Waals surface area contributed by atoms with Gasteiger partial charge in [0.25, 0.3) is 0 Å². The van der Waals surface area contributed by atoms with E-state index in [0.29, 0.717) is 23.8 Å². The molecule has 0 aliphatic heterocycles. The van der Waals surface area contributed by atoms with E-state index < -0.39 is 0 Å². The van der Waals surface area contributed by atoms with Gasteiger partial charge in [0.05, 0.1) is 11.4 Å². The second-order valence-corrected chi connectivity index (χ2v) is 4.77. The lowest BCUT2D eigenvalue weighted by Gasteiger charge is -2.26. The molecule has 1 aromatic carbocycles. The summed E-state index contributed by atoms with van der Waals surface area (Å²) in [5.74, 6) is 0.0136. The van der Waals surface area contributed by atoms with E-state index in [1.807, 2.05) is 18.2 Å². The van der Waals surface area contributed by atoms with Crippen LogP contribution >= 0.6 is 0 Å². The number of nitrogen functional groups attached to an aromatic ring is 1. The molecule has 0 aliphatic carbocycles. The molecule has 4 heteroatoms. The van der Waals surface area contributed by atoms with Crippen molar-refractivity contribution >= 4 is 17.3 Å². The zero-order chi connectivity index (χ0) is 14.3. The number of nitrogens with one attached hydrogen (secondary N) is 1. The highest BCUT2D eigenvalue weighted by Crippen LogP contribution is 2.16. The highest BCUT2D eigenvalue weighted by atomic mass is 16.1. The Morgan fingerprint density at radius 3 is 2.63 bits per heavy atom. The van der Waals surface area contributed by atoms with Gasteiger partial charge in [-0.3, -0.25) is 4.79 Å². The minimum atomic E-state index is 0.0136. The predicted molar refractivity (Wildman–Crippen MR) is 81.1 cm³/mol. The molecule has 0 saturated carbocycles. The number of nitrogens with two attached hydrogens (primary N) is 1. The van der Waals surface area contributed by atoms with Crippen molar-refractivity contribution in [2.75, 3.05) is 24.1 Å². The van der Waals surface area contributed by atoms with E-state index >= 15 is 0 Å². The molecule has 19 heavy (non-hydrogen) atoms. The Balaban J connectivity index is 2.46. The number of carbonyl (C=O) groups is 1. The van der Waals surface area contributed by atoms with Gasteiger partial charge < -0.3 is 16.0 Å². The largest absolute Gasteiger partial charge is 0.397 e. The van der Waals surface area contributed by atoms with Gasteiger partial charge in [0.1, 0.15) is 0 Å². The van der Waals surface area contributed by atoms with Gasteiger partial charge >= 0.3 is 0 Å². The molecule has 1 amide bonds. The average molecular weight is 263 g/mol. The molecule has 0 spiro atoms. The van der Waals surface area contributed by atoms with Crippen molar-refractivity contribution < 1.29 is 4.79 Å². The van der Waals surface area contributed by atoms with Crippen molar-refractivity contribution in [1.29, 1.82) is 0 Å². The monoisotopic (exact) mass is 263 g/mol. The lowest BCUT2D eigenvalue weighted by Crippen LogP contribution is -2.35. The summed E-state index contributed by atoms with van der Waals surface area (Å²) in [5.41, 5.74) is 7.09. The zero-order valence-corrected chi connectivity index (χ0v) is 12.1. The number of para-hydroxylation sites is 2. The molecule has 0 aromatic heterocycles. The number of anilines is 2. The van der Waals surface area contributed by atoms with Gasteiger partial charge in [0.2, 0.25) is 5.91 Å². The third kappa shape index (κ3) is 4.91. The molecule has 0 saturated heterocycles. The van der Waals surface area contributed by atoms with Gasteiger partial charge in [0.15, 0.2) is 0 Å². The highest BCUT2D eigenvalue weighted by molar-refractivity contribution is 5.93. The summed E-state index contributed by atoms with van der Waals surface area (Å²) in [6, 6.07) is 7.84. The van der Waals surface area contributed by atoms with Crippen molar-refractivity contribution in [2.45, 2.75) is 39.7 Å². The van der Waals surface area contributed by atoms with Gasteiger partial charge in [-0.05, 0) is 32.0 Å². The smallest absolute Gasteiger partial charge is 0.225 e. The van der Waals surface area contributed by atoms with Gasteiger partial charge in [-0.25, -0.2) is 0 Å². The fourth-order valence-corrected chi connectivity index (χ4v) is 2.02. The van der Waals surface area contributed by atoms with E-state index in [0.717, 1.165) is 19.5 Å². The Hall–Kier alpha value is -1.55. The van der Waals surface area contributed by atoms with Crippen LogP contribution in [0.4, 0.5) is 11.4 Å². The lowest BCUT2D eigenvalue weighted by molar-refractivity contribution is -0.116. The highest BCUT2D eigenvalue weighted by Gasteiger charge is 2.12. The topological polar surface area (TPSA) is 58.4 Å². The van der Waals surface area contributed by atoms with Crippen LogP contribution in [0.5, 0.6) is 0 Å². The maximum atomic E-state index is 11.9. The number of hydrogen-bond donors (Lipinski definition) is 2. The van der Waals surface area contributed by atoms with Crippen LogP contribution in [0.15, 0.2) is 24.3 Å². The molecule has 0 aliphatic rings. The number of benzene rings is 1. The lowest BCUT2D eigenvalue weighted by atomic mass is 10.2. The quantitative estimate of drug-likeness (QED) is 0.744. The minimum Gasteiger partial charge on any atom is -0.397 e. The third-order valence-corrected chi connectivity index (χ3v) is 3.48. The first-order chi connectivity index (χ1) is 9.08. The average Bonchev–Trinajstić information content (AvgIpc) is 2.41. The standard InChI is InChI=1S/C15H25N3O/c1-4-12(3)18(5-2)11-10-15(19)17-14-9-7-6-8-13(14)16/h6-9,12H,4-5,10-11,16H2,1-3H3,(H,17,19). The fraction of sp³-hybridized carbons (Fsp3) is 0.533. The number of amides is 1. The van der Waals surface area contributed by atoms with Crippen molar-refractivity contribution in [3.05, 3.63) is 24.3 Å². The summed E-state index contributed by atoms with van der Waals surface area (Å²) in [5, 5.41) is 2.86. The molecule has 1 aromatic rings. The Morgan fingerprint density at radius 1 is 1.37 bits per heavy atom. The summed E-state index contributed by atoms with van der Waals surface area (Å²) >= 11 is 0. The fourth-order valence-electron chi connectivity index (χ4n) is 2.02. The molecular formula is C15H25N3O. The second-order valence-electron chi connectivity index (χ2n) is 4.77. The summed E-state index contributed by atoms with van der Waals surface area (Å²) in [6.07, 6.45) is 1.59. The summed E-state index contributed by atoms with van der Waals surface area (Å²) in [6.45, 7) is 8.23. The first-order valence-electron chi connectivity index (χ1n) is 6.96. The Labute approximate surface area is 116 Å². The summed E-state index contributed by atoms with van der Waals surface area (Å²) in [4.78, 5) is 14.2. The van der Waals surface area contributed by atoms with Crippen LogP contribution in [0, 0.1) is 0 Å². The van der Waals surface area contributed by atoms with Crippen LogP contribution in [-0.4, -0.2) is 29.9 Å². The molecule has 0 bridgehead atoms. The van der Waals surface area contributed by atoms with E-state index in [9.17, 15) is 4.79 Å². The first-order valence-corrected chi connectivity index (χ1v) is 6.96. The van der Waals surface area contributed by atoms with Crippen LogP contribution in [-0.2, 0) is 4.79 Å². The Morgan fingerprint density at radius 2 is 2.05 bits per heavy atom. The number of nitrogens with zero attached hydrogens (tertiary/aromatic N) is 1. The molecule has 4 nitrogen and oxygen atoms in total.